The van der Waals surface area contributed by atoms with Crippen molar-refractivity contribution in [1.29, 1.82) is 0 Å². The lowest BCUT2D eigenvalue weighted by molar-refractivity contribution is 0.162. The van der Waals surface area contributed by atoms with Crippen LogP contribution in [0.25, 0.3) is 0 Å². The maximum absolute atomic E-state index is 6.09. The third-order valence-corrected chi connectivity index (χ3v) is 4.68. The van der Waals surface area contributed by atoms with E-state index in [0.29, 0.717) is 18.2 Å². The molecule has 0 saturated carbocycles. The van der Waals surface area contributed by atoms with Crippen molar-refractivity contribution in [3.05, 3.63) is 18.5 Å². The molecule has 4 heterocycles. The van der Waals surface area contributed by atoms with Crippen LogP contribution in [0.1, 0.15) is 19.3 Å². The van der Waals surface area contributed by atoms with Gasteiger partial charge >= 0.3 is 0 Å². The Bertz CT molecular complexity index is 475. The Morgan fingerprint density at radius 3 is 2.90 bits per heavy atom. The number of fused-ring (bicyclic) bond motifs is 2. The summed E-state index contributed by atoms with van der Waals surface area (Å²) in [4.78, 5) is 6.85. The molecule has 3 fully saturated rings. The summed E-state index contributed by atoms with van der Waals surface area (Å²) in [5, 5.41) is 6.90. The van der Waals surface area contributed by atoms with Gasteiger partial charge in [-0.1, -0.05) is 0 Å². The van der Waals surface area contributed by atoms with Crippen LogP contribution >= 0.6 is 0 Å². The average Bonchev–Trinajstić information content (AvgIpc) is 3.11. The first-order valence-corrected chi connectivity index (χ1v) is 7.71. The lowest BCUT2D eigenvalue weighted by Gasteiger charge is -2.30. The van der Waals surface area contributed by atoms with Crippen LogP contribution in [0.2, 0.25) is 0 Å². The molecule has 1 aromatic heterocycles. The van der Waals surface area contributed by atoms with Gasteiger partial charge in [-0.05, 0) is 32.4 Å². The molecule has 0 amide bonds. The van der Waals surface area contributed by atoms with E-state index >= 15 is 0 Å². The van der Waals surface area contributed by atoms with Crippen molar-refractivity contribution >= 4 is 5.69 Å². The predicted molar refractivity (Wildman–Crippen MR) is 78.3 cm³/mol. The standard InChI is InChI=1S/C15H22N4O/c1-3-16-4-2-14(1)20-15-6-13(7-17-9-15)19-10-11-5-12(19)8-18-11/h6-7,9,11-12,14,16,18H,1-5,8,10H2/t11-,12-/m1/s1. The number of pyridine rings is 1. The molecule has 3 aliphatic rings. The Balaban J connectivity index is 1.47. The molecule has 108 valence electrons. The van der Waals surface area contributed by atoms with Gasteiger partial charge in [0.25, 0.3) is 0 Å². The Morgan fingerprint density at radius 1 is 1.25 bits per heavy atom. The zero-order chi connectivity index (χ0) is 13.4. The van der Waals surface area contributed by atoms with Crippen LogP contribution in [0.15, 0.2) is 18.5 Å². The molecule has 3 saturated heterocycles. The summed E-state index contributed by atoms with van der Waals surface area (Å²) < 4.78 is 6.09. The molecule has 0 radical (unpaired) electrons. The molecule has 20 heavy (non-hydrogen) atoms. The second-order valence-corrected chi connectivity index (χ2v) is 6.09. The third-order valence-electron chi connectivity index (χ3n) is 4.68. The Labute approximate surface area is 119 Å². The SMILES string of the molecule is c1ncc(N2C[C@H]3C[C@@H]2CN3)cc1OC1CCNCC1. The minimum absolute atomic E-state index is 0.338. The minimum atomic E-state index is 0.338. The lowest BCUT2D eigenvalue weighted by Crippen LogP contribution is -2.43. The van der Waals surface area contributed by atoms with Crippen LogP contribution in [0.4, 0.5) is 5.69 Å². The maximum Gasteiger partial charge on any atom is 0.140 e. The van der Waals surface area contributed by atoms with Crippen molar-refractivity contribution < 1.29 is 4.74 Å². The third kappa shape index (κ3) is 2.36. The number of nitrogens with one attached hydrogen (secondary N) is 2. The quantitative estimate of drug-likeness (QED) is 0.852. The summed E-state index contributed by atoms with van der Waals surface area (Å²) in [6, 6.07) is 3.46. The molecule has 1 aromatic rings. The molecule has 5 nitrogen and oxygen atoms in total. The second kappa shape index (κ2) is 5.22. The highest BCUT2D eigenvalue weighted by atomic mass is 16.5. The van der Waals surface area contributed by atoms with E-state index in [1.807, 2.05) is 12.4 Å². The predicted octanol–water partition coefficient (Wildman–Crippen LogP) is 0.763. The summed E-state index contributed by atoms with van der Waals surface area (Å²) in [6.45, 7) is 4.31. The van der Waals surface area contributed by atoms with Crippen molar-refractivity contribution in [1.82, 2.24) is 15.6 Å². The van der Waals surface area contributed by atoms with E-state index in [2.05, 4.69) is 26.6 Å². The zero-order valence-electron chi connectivity index (χ0n) is 11.7. The molecule has 2 atom stereocenters. The van der Waals surface area contributed by atoms with E-state index in [0.717, 1.165) is 44.8 Å². The summed E-state index contributed by atoms with van der Waals surface area (Å²) >= 11 is 0. The van der Waals surface area contributed by atoms with Gasteiger partial charge in [0.15, 0.2) is 0 Å². The molecule has 2 N–H and O–H groups in total. The van der Waals surface area contributed by atoms with E-state index in [4.69, 9.17) is 4.74 Å². The van der Waals surface area contributed by atoms with Gasteiger partial charge in [0.05, 0.1) is 18.1 Å². The molecule has 5 heteroatoms. The van der Waals surface area contributed by atoms with Crippen LogP contribution in [-0.4, -0.2) is 49.4 Å². The summed E-state index contributed by atoms with van der Waals surface area (Å²) in [6.07, 6.45) is 7.59. The van der Waals surface area contributed by atoms with Gasteiger partial charge in [-0.3, -0.25) is 4.98 Å². The molecular weight excluding hydrogens is 252 g/mol. The van der Waals surface area contributed by atoms with Crippen LogP contribution in [0.5, 0.6) is 5.75 Å². The molecule has 0 aliphatic carbocycles. The van der Waals surface area contributed by atoms with Crippen molar-refractivity contribution in [3.8, 4) is 5.75 Å². The van der Waals surface area contributed by atoms with Crippen LogP contribution in [-0.2, 0) is 0 Å². The summed E-state index contributed by atoms with van der Waals surface area (Å²) in [5.74, 6) is 0.921. The van der Waals surface area contributed by atoms with Gasteiger partial charge in [0.1, 0.15) is 11.9 Å². The fourth-order valence-electron chi connectivity index (χ4n) is 3.61. The van der Waals surface area contributed by atoms with Gasteiger partial charge < -0.3 is 20.3 Å². The van der Waals surface area contributed by atoms with Crippen molar-refractivity contribution in [2.45, 2.75) is 37.5 Å². The largest absolute Gasteiger partial charge is 0.489 e. The van der Waals surface area contributed by atoms with E-state index < -0.39 is 0 Å². The first-order valence-electron chi connectivity index (χ1n) is 7.71. The molecule has 0 spiro atoms. The number of piperazine rings is 1. The molecule has 0 unspecified atom stereocenters. The smallest absolute Gasteiger partial charge is 0.140 e. The normalized spacial score (nSPS) is 29.9. The lowest BCUT2D eigenvalue weighted by atomic mass is 10.1. The first kappa shape index (κ1) is 12.4. The monoisotopic (exact) mass is 274 g/mol. The fourth-order valence-corrected chi connectivity index (χ4v) is 3.61. The van der Waals surface area contributed by atoms with Gasteiger partial charge in [0.2, 0.25) is 0 Å². The topological polar surface area (TPSA) is 49.4 Å². The van der Waals surface area contributed by atoms with Gasteiger partial charge in [0, 0.05) is 31.2 Å². The Morgan fingerprint density at radius 2 is 2.15 bits per heavy atom. The van der Waals surface area contributed by atoms with Crippen LogP contribution < -0.4 is 20.3 Å². The second-order valence-electron chi connectivity index (χ2n) is 6.09. The molecule has 0 aromatic carbocycles. The Kier molecular flexibility index (Phi) is 3.24. The zero-order valence-corrected chi connectivity index (χ0v) is 11.7. The number of hydrogen-bond donors (Lipinski definition) is 2. The number of aromatic nitrogens is 1. The van der Waals surface area contributed by atoms with Crippen molar-refractivity contribution in [3.63, 3.8) is 0 Å². The van der Waals surface area contributed by atoms with E-state index in [-0.39, 0.29) is 0 Å². The summed E-state index contributed by atoms with van der Waals surface area (Å²) in [5.41, 5.74) is 1.21. The maximum atomic E-state index is 6.09. The molecule has 3 aliphatic heterocycles. The van der Waals surface area contributed by atoms with E-state index in [1.165, 1.54) is 12.1 Å². The number of piperidine rings is 1. The molecule has 4 rings (SSSR count). The van der Waals surface area contributed by atoms with E-state index in [1.54, 1.807) is 0 Å². The van der Waals surface area contributed by atoms with Gasteiger partial charge in [-0.2, -0.15) is 0 Å². The van der Waals surface area contributed by atoms with E-state index in [9.17, 15) is 0 Å². The first-order chi connectivity index (χ1) is 9.88. The number of nitrogens with zero attached hydrogens (tertiary/aromatic N) is 2. The minimum Gasteiger partial charge on any atom is -0.489 e. The highest BCUT2D eigenvalue weighted by Gasteiger charge is 2.37. The Hall–Kier alpha value is -1.33. The number of ether oxygens (including phenoxy) is 1. The number of hydrogen-bond acceptors (Lipinski definition) is 5. The van der Waals surface area contributed by atoms with Crippen molar-refractivity contribution in [2.24, 2.45) is 0 Å². The molecule has 2 bridgehead atoms. The average molecular weight is 274 g/mol. The number of rotatable bonds is 3. The van der Waals surface area contributed by atoms with Gasteiger partial charge in [-0.25, -0.2) is 0 Å². The highest BCUT2D eigenvalue weighted by molar-refractivity contribution is 5.51. The van der Waals surface area contributed by atoms with Crippen LogP contribution in [0, 0.1) is 0 Å². The molecular formula is C15H22N4O. The van der Waals surface area contributed by atoms with Gasteiger partial charge in [-0.15, -0.1) is 0 Å². The van der Waals surface area contributed by atoms with Crippen molar-refractivity contribution in [2.75, 3.05) is 31.1 Å². The van der Waals surface area contributed by atoms with Crippen LogP contribution in [0.3, 0.4) is 0 Å². The fraction of sp³-hybridized carbons (Fsp3) is 0.667. The highest BCUT2D eigenvalue weighted by Crippen LogP contribution is 2.31. The summed E-state index contributed by atoms with van der Waals surface area (Å²) in [7, 11) is 0. The number of anilines is 1.